The van der Waals surface area contributed by atoms with Crippen molar-refractivity contribution in [1.29, 1.82) is 0 Å². The Morgan fingerprint density at radius 1 is 1.35 bits per heavy atom. The molecule has 0 aliphatic carbocycles. The second-order valence-electron chi connectivity index (χ2n) is 6.31. The summed E-state index contributed by atoms with van der Waals surface area (Å²) in [5, 5.41) is 10.3. The van der Waals surface area contributed by atoms with Crippen LogP contribution in [0.4, 0.5) is 10.5 Å². The van der Waals surface area contributed by atoms with Crippen molar-refractivity contribution in [2.24, 2.45) is 11.3 Å². The standard InChI is InChI=1S/C15H28N4O/c1-8-19-12(5)13(11(4)18-19)17-14(20)16-9-15(6,7)10(2)3/h10H,8-9H2,1-7H3,(H2,16,17,20). The van der Waals surface area contributed by atoms with Crippen LogP contribution in [-0.2, 0) is 6.54 Å². The SMILES string of the molecule is CCn1nc(C)c(NC(=O)NCC(C)(C)C(C)C)c1C. The van der Waals surface area contributed by atoms with E-state index in [9.17, 15) is 4.79 Å². The van der Waals surface area contributed by atoms with E-state index in [0.717, 1.165) is 23.6 Å². The molecular formula is C15H28N4O. The van der Waals surface area contributed by atoms with Crippen LogP contribution in [0.3, 0.4) is 0 Å². The third kappa shape index (κ3) is 3.74. The van der Waals surface area contributed by atoms with E-state index in [0.29, 0.717) is 12.5 Å². The van der Waals surface area contributed by atoms with Gasteiger partial charge < -0.3 is 10.6 Å². The van der Waals surface area contributed by atoms with E-state index in [1.165, 1.54) is 0 Å². The highest BCUT2D eigenvalue weighted by Crippen LogP contribution is 2.25. The van der Waals surface area contributed by atoms with E-state index >= 15 is 0 Å². The summed E-state index contributed by atoms with van der Waals surface area (Å²) in [5.74, 6) is 0.508. The first-order valence-corrected chi connectivity index (χ1v) is 7.28. The Hall–Kier alpha value is -1.52. The van der Waals surface area contributed by atoms with Crippen LogP contribution >= 0.6 is 0 Å². The number of carbonyl (C=O) groups is 1. The topological polar surface area (TPSA) is 59.0 Å². The molecule has 1 aromatic heterocycles. The van der Waals surface area contributed by atoms with Crippen molar-refractivity contribution in [2.45, 2.75) is 55.0 Å². The summed E-state index contributed by atoms with van der Waals surface area (Å²) in [6.45, 7) is 16.0. The summed E-state index contributed by atoms with van der Waals surface area (Å²) in [4.78, 5) is 12.0. The van der Waals surface area contributed by atoms with Crippen LogP contribution in [0.25, 0.3) is 0 Å². The smallest absolute Gasteiger partial charge is 0.319 e. The Kier molecular flexibility index (Phi) is 5.20. The van der Waals surface area contributed by atoms with Crippen molar-refractivity contribution in [2.75, 3.05) is 11.9 Å². The number of aromatic nitrogens is 2. The van der Waals surface area contributed by atoms with Gasteiger partial charge in [-0.1, -0.05) is 27.7 Å². The zero-order valence-electron chi connectivity index (χ0n) is 13.8. The average molecular weight is 280 g/mol. The minimum absolute atomic E-state index is 0.0784. The van der Waals surface area contributed by atoms with Crippen molar-refractivity contribution >= 4 is 11.7 Å². The molecule has 0 aliphatic heterocycles. The summed E-state index contributed by atoms with van der Waals surface area (Å²) >= 11 is 0. The van der Waals surface area contributed by atoms with Crippen molar-refractivity contribution in [3.8, 4) is 0 Å². The molecule has 0 radical (unpaired) electrons. The Morgan fingerprint density at radius 3 is 2.40 bits per heavy atom. The molecule has 20 heavy (non-hydrogen) atoms. The molecule has 0 saturated heterocycles. The summed E-state index contributed by atoms with van der Waals surface area (Å²) in [6.07, 6.45) is 0. The summed E-state index contributed by atoms with van der Waals surface area (Å²) in [5.41, 5.74) is 2.73. The van der Waals surface area contributed by atoms with Crippen LogP contribution in [0.15, 0.2) is 0 Å². The molecule has 1 aromatic rings. The molecule has 1 rings (SSSR count). The molecule has 5 nitrogen and oxygen atoms in total. The van der Waals surface area contributed by atoms with Crippen molar-refractivity contribution in [1.82, 2.24) is 15.1 Å². The lowest BCUT2D eigenvalue weighted by Crippen LogP contribution is -2.39. The number of hydrogen-bond acceptors (Lipinski definition) is 2. The average Bonchev–Trinajstić information content (AvgIpc) is 2.63. The van der Waals surface area contributed by atoms with Crippen LogP contribution in [0, 0.1) is 25.2 Å². The number of aryl methyl sites for hydroxylation is 2. The van der Waals surface area contributed by atoms with Gasteiger partial charge in [-0.05, 0) is 32.1 Å². The maximum Gasteiger partial charge on any atom is 0.319 e. The van der Waals surface area contributed by atoms with Crippen LogP contribution in [0.1, 0.15) is 46.0 Å². The van der Waals surface area contributed by atoms with Gasteiger partial charge in [0.25, 0.3) is 0 Å². The third-order valence-corrected chi connectivity index (χ3v) is 4.19. The first-order valence-electron chi connectivity index (χ1n) is 7.28. The van der Waals surface area contributed by atoms with Gasteiger partial charge >= 0.3 is 6.03 Å². The fourth-order valence-electron chi connectivity index (χ4n) is 1.86. The predicted molar refractivity (Wildman–Crippen MR) is 83.0 cm³/mol. The molecule has 1 heterocycles. The maximum atomic E-state index is 12.0. The van der Waals surface area contributed by atoms with Crippen molar-refractivity contribution in [3.05, 3.63) is 11.4 Å². The van der Waals surface area contributed by atoms with E-state index in [1.54, 1.807) is 0 Å². The van der Waals surface area contributed by atoms with E-state index < -0.39 is 0 Å². The molecule has 2 amide bonds. The lowest BCUT2D eigenvalue weighted by Gasteiger charge is -2.29. The first-order chi connectivity index (χ1) is 9.19. The molecular weight excluding hydrogens is 252 g/mol. The predicted octanol–water partition coefficient (Wildman–Crippen LogP) is 3.32. The number of hydrogen-bond donors (Lipinski definition) is 2. The molecule has 0 aromatic carbocycles. The summed E-state index contributed by atoms with van der Waals surface area (Å²) in [6, 6.07) is -0.166. The Bertz CT molecular complexity index is 474. The monoisotopic (exact) mass is 280 g/mol. The number of rotatable bonds is 5. The Labute approximate surface area is 122 Å². The normalized spacial score (nSPS) is 11.8. The second-order valence-corrected chi connectivity index (χ2v) is 6.31. The molecule has 0 unspecified atom stereocenters. The van der Waals surface area contributed by atoms with Crippen molar-refractivity contribution < 1.29 is 4.79 Å². The molecule has 2 N–H and O–H groups in total. The number of amides is 2. The molecule has 0 saturated carbocycles. The number of carbonyl (C=O) groups excluding carboxylic acids is 1. The van der Waals surface area contributed by atoms with Gasteiger partial charge in [-0.3, -0.25) is 4.68 Å². The third-order valence-electron chi connectivity index (χ3n) is 4.19. The number of nitrogens with one attached hydrogen (secondary N) is 2. The van der Waals surface area contributed by atoms with E-state index in [2.05, 4.69) is 43.4 Å². The molecule has 0 bridgehead atoms. The van der Waals surface area contributed by atoms with E-state index in [1.807, 2.05) is 25.5 Å². The lowest BCUT2D eigenvalue weighted by atomic mass is 9.81. The molecule has 5 heteroatoms. The van der Waals surface area contributed by atoms with Crippen molar-refractivity contribution in [3.63, 3.8) is 0 Å². The van der Waals surface area contributed by atoms with Crippen LogP contribution in [-0.4, -0.2) is 22.4 Å². The second kappa shape index (κ2) is 6.29. The zero-order chi connectivity index (χ0) is 15.5. The largest absolute Gasteiger partial charge is 0.337 e. The highest BCUT2D eigenvalue weighted by atomic mass is 16.2. The Balaban J connectivity index is 2.66. The summed E-state index contributed by atoms with van der Waals surface area (Å²) in [7, 11) is 0. The zero-order valence-corrected chi connectivity index (χ0v) is 13.8. The summed E-state index contributed by atoms with van der Waals surface area (Å²) < 4.78 is 1.89. The molecule has 0 atom stereocenters. The van der Waals surface area contributed by atoms with Gasteiger partial charge in [-0.25, -0.2) is 4.79 Å². The number of urea groups is 1. The van der Waals surface area contributed by atoms with Gasteiger partial charge in [-0.2, -0.15) is 5.10 Å². The molecule has 114 valence electrons. The van der Waals surface area contributed by atoms with E-state index in [4.69, 9.17) is 0 Å². The fourth-order valence-corrected chi connectivity index (χ4v) is 1.86. The minimum atomic E-state index is -0.166. The maximum absolute atomic E-state index is 12.0. The van der Waals surface area contributed by atoms with Gasteiger partial charge in [0.2, 0.25) is 0 Å². The van der Waals surface area contributed by atoms with Gasteiger partial charge in [0.1, 0.15) is 0 Å². The van der Waals surface area contributed by atoms with Crippen LogP contribution < -0.4 is 10.6 Å². The fraction of sp³-hybridized carbons (Fsp3) is 0.733. The lowest BCUT2D eigenvalue weighted by molar-refractivity contribution is 0.223. The number of anilines is 1. The Morgan fingerprint density at radius 2 is 1.95 bits per heavy atom. The number of nitrogens with zero attached hydrogens (tertiary/aromatic N) is 2. The van der Waals surface area contributed by atoms with Gasteiger partial charge in [0.05, 0.1) is 17.1 Å². The van der Waals surface area contributed by atoms with Gasteiger partial charge in [0.15, 0.2) is 0 Å². The molecule has 0 spiro atoms. The van der Waals surface area contributed by atoms with Crippen LogP contribution in [0.5, 0.6) is 0 Å². The van der Waals surface area contributed by atoms with E-state index in [-0.39, 0.29) is 11.4 Å². The van der Waals surface area contributed by atoms with Gasteiger partial charge in [0, 0.05) is 13.1 Å². The first kappa shape index (κ1) is 16.5. The van der Waals surface area contributed by atoms with Gasteiger partial charge in [-0.15, -0.1) is 0 Å². The molecule has 0 fully saturated rings. The quantitative estimate of drug-likeness (QED) is 0.869. The highest BCUT2D eigenvalue weighted by Gasteiger charge is 2.23. The highest BCUT2D eigenvalue weighted by molar-refractivity contribution is 5.90. The minimum Gasteiger partial charge on any atom is -0.337 e. The molecule has 0 aliphatic rings. The van der Waals surface area contributed by atoms with Crippen LogP contribution in [0.2, 0.25) is 0 Å².